The minimum atomic E-state index is -2.88. The smallest absolute Gasteiger partial charge is 0.387 e. The highest BCUT2D eigenvalue weighted by atomic mass is 19.3. The summed E-state index contributed by atoms with van der Waals surface area (Å²) in [6.07, 6.45) is 0. The van der Waals surface area contributed by atoms with E-state index in [4.69, 9.17) is 0 Å². The largest absolute Gasteiger partial charge is 0.435 e. The molecule has 136 valence electrons. The lowest BCUT2D eigenvalue weighted by Gasteiger charge is -2.13. The molecule has 2 aromatic heterocycles. The molecule has 0 aliphatic rings. The molecule has 1 N–H and O–H groups in total. The van der Waals surface area contributed by atoms with Crippen molar-refractivity contribution in [1.82, 2.24) is 24.9 Å². The molecule has 3 rings (SSSR count). The van der Waals surface area contributed by atoms with Crippen molar-refractivity contribution in [3.63, 3.8) is 0 Å². The monoisotopic (exact) mass is 361 g/mol. The molecule has 1 aromatic carbocycles. The first-order chi connectivity index (χ1) is 12.3. The first kappa shape index (κ1) is 17.7. The maximum absolute atomic E-state index is 12.4. The number of carbonyl (C=O) groups excluding carboxylic acids is 1. The Morgan fingerprint density at radius 1 is 1.19 bits per heavy atom. The summed E-state index contributed by atoms with van der Waals surface area (Å²) in [7, 11) is 0. The third kappa shape index (κ3) is 3.76. The predicted molar refractivity (Wildman–Crippen MR) is 89.2 cm³/mol. The summed E-state index contributed by atoms with van der Waals surface area (Å²) in [6, 6.07) is 7.52. The zero-order chi connectivity index (χ0) is 18.8. The van der Waals surface area contributed by atoms with Crippen LogP contribution in [0.5, 0.6) is 5.75 Å². The number of amides is 1. The third-order valence-electron chi connectivity index (χ3n) is 3.77. The lowest BCUT2D eigenvalue weighted by atomic mass is 10.1. The Kier molecular flexibility index (Phi) is 4.79. The van der Waals surface area contributed by atoms with Gasteiger partial charge in [0.05, 0.1) is 6.04 Å². The molecule has 9 heteroatoms. The summed E-state index contributed by atoms with van der Waals surface area (Å²) in [5.41, 5.74) is 2.34. The Labute approximate surface area is 148 Å². The molecule has 0 spiro atoms. The van der Waals surface area contributed by atoms with Crippen molar-refractivity contribution in [2.45, 2.75) is 33.4 Å². The molecule has 0 aliphatic carbocycles. The molecule has 2 heterocycles. The Balaban J connectivity index is 1.74. The molecule has 0 saturated carbocycles. The average molecular weight is 361 g/mol. The SMILES string of the molecule is Cc1cc(C)n2nc(C(=O)NC(C)c3ccc(OC(F)F)cc3)nc2n1. The van der Waals surface area contributed by atoms with Gasteiger partial charge in [0.2, 0.25) is 5.82 Å². The van der Waals surface area contributed by atoms with Gasteiger partial charge in [0.1, 0.15) is 5.75 Å². The fourth-order valence-corrected chi connectivity index (χ4v) is 2.54. The maximum atomic E-state index is 12.4. The Morgan fingerprint density at radius 2 is 1.88 bits per heavy atom. The van der Waals surface area contributed by atoms with E-state index in [0.717, 1.165) is 17.0 Å². The number of hydrogen-bond acceptors (Lipinski definition) is 5. The first-order valence-corrected chi connectivity index (χ1v) is 7.90. The van der Waals surface area contributed by atoms with Gasteiger partial charge in [-0.15, -0.1) is 5.10 Å². The minimum absolute atomic E-state index is 0.00991. The number of aromatic nitrogens is 4. The number of benzene rings is 1. The van der Waals surface area contributed by atoms with Crippen LogP contribution >= 0.6 is 0 Å². The van der Waals surface area contributed by atoms with Crippen LogP contribution in [0.1, 0.15) is 40.5 Å². The summed E-state index contributed by atoms with van der Waals surface area (Å²) in [6.45, 7) is 2.58. The second-order valence-corrected chi connectivity index (χ2v) is 5.83. The molecule has 0 fully saturated rings. The first-order valence-electron chi connectivity index (χ1n) is 7.90. The van der Waals surface area contributed by atoms with Crippen LogP contribution < -0.4 is 10.1 Å². The standard InChI is InChI=1S/C17H17F2N5O2/c1-9-8-10(2)24-17(20-9)22-14(23-24)15(25)21-11(3)12-4-6-13(7-5-12)26-16(18)19/h4-8,11,16H,1-3H3,(H,21,25). The fourth-order valence-electron chi connectivity index (χ4n) is 2.54. The van der Waals surface area contributed by atoms with E-state index < -0.39 is 12.5 Å². The van der Waals surface area contributed by atoms with Crippen LogP contribution in [0.2, 0.25) is 0 Å². The van der Waals surface area contributed by atoms with Gasteiger partial charge in [-0.1, -0.05) is 12.1 Å². The van der Waals surface area contributed by atoms with Crippen LogP contribution in [0.4, 0.5) is 8.78 Å². The van der Waals surface area contributed by atoms with Gasteiger partial charge >= 0.3 is 6.61 Å². The van der Waals surface area contributed by atoms with Crippen LogP contribution in [-0.4, -0.2) is 32.1 Å². The third-order valence-corrected chi connectivity index (χ3v) is 3.77. The molecule has 1 amide bonds. The number of hydrogen-bond donors (Lipinski definition) is 1. The van der Waals surface area contributed by atoms with Crippen LogP contribution in [0.3, 0.4) is 0 Å². The van der Waals surface area contributed by atoms with E-state index in [1.807, 2.05) is 19.9 Å². The van der Waals surface area contributed by atoms with Crippen molar-refractivity contribution in [3.05, 3.63) is 53.1 Å². The number of carbonyl (C=O) groups is 1. The molecule has 0 saturated heterocycles. The van der Waals surface area contributed by atoms with Gasteiger partial charge in [-0.25, -0.2) is 9.50 Å². The molecule has 7 nitrogen and oxygen atoms in total. The molecule has 26 heavy (non-hydrogen) atoms. The van der Waals surface area contributed by atoms with E-state index in [1.54, 1.807) is 19.1 Å². The van der Waals surface area contributed by atoms with Crippen LogP contribution in [-0.2, 0) is 0 Å². The van der Waals surface area contributed by atoms with Crippen LogP contribution in [0.25, 0.3) is 5.78 Å². The molecular formula is C17H17F2N5O2. The van der Waals surface area contributed by atoms with Gasteiger partial charge < -0.3 is 10.1 Å². The molecule has 1 unspecified atom stereocenters. The van der Waals surface area contributed by atoms with Crippen LogP contribution in [0.15, 0.2) is 30.3 Å². The van der Waals surface area contributed by atoms with E-state index >= 15 is 0 Å². The number of rotatable bonds is 5. The number of nitrogens with one attached hydrogen (secondary N) is 1. The minimum Gasteiger partial charge on any atom is -0.435 e. The second-order valence-electron chi connectivity index (χ2n) is 5.83. The summed E-state index contributed by atoms with van der Waals surface area (Å²) >= 11 is 0. The summed E-state index contributed by atoms with van der Waals surface area (Å²) < 4.78 is 30.2. The normalized spacial score (nSPS) is 12.4. The van der Waals surface area contributed by atoms with E-state index in [2.05, 4.69) is 25.1 Å². The van der Waals surface area contributed by atoms with E-state index in [1.165, 1.54) is 16.6 Å². The molecule has 1 atom stereocenters. The van der Waals surface area contributed by atoms with Gasteiger partial charge in [-0.3, -0.25) is 4.79 Å². The summed E-state index contributed by atoms with van der Waals surface area (Å²) in [5, 5.41) is 6.95. The van der Waals surface area contributed by atoms with Crippen molar-refractivity contribution < 1.29 is 18.3 Å². The Hall–Kier alpha value is -3.10. The molecule has 0 radical (unpaired) electrons. The Morgan fingerprint density at radius 3 is 2.54 bits per heavy atom. The number of aryl methyl sites for hydroxylation is 2. The van der Waals surface area contributed by atoms with Crippen LogP contribution in [0, 0.1) is 13.8 Å². The number of fused-ring (bicyclic) bond motifs is 1. The van der Waals surface area contributed by atoms with Crippen molar-refractivity contribution in [2.24, 2.45) is 0 Å². The average Bonchev–Trinajstić information content (AvgIpc) is 2.99. The van der Waals surface area contributed by atoms with E-state index in [0.29, 0.717) is 5.78 Å². The van der Waals surface area contributed by atoms with Gasteiger partial charge in [-0.2, -0.15) is 13.8 Å². The van der Waals surface area contributed by atoms with Crippen molar-refractivity contribution in [1.29, 1.82) is 0 Å². The zero-order valence-corrected chi connectivity index (χ0v) is 14.4. The zero-order valence-electron chi connectivity index (χ0n) is 14.4. The van der Waals surface area contributed by atoms with Crippen molar-refractivity contribution >= 4 is 11.7 Å². The lowest BCUT2D eigenvalue weighted by Crippen LogP contribution is -2.27. The predicted octanol–water partition coefficient (Wildman–Crippen LogP) is 2.83. The number of ether oxygens (including phenoxy) is 1. The molecule has 0 aliphatic heterocycles. The fraction of sp³-hybridized carbons (Fsp3) is 0.294. The lowest BCUT2D eigenvalue weighted by molar-refractivity contribution is -0.0498. The summed E-state index contributed by atoms with van der Waals surface area (Å²) in [4.78, 5) is 20.8. The summed E-state index contributed by atoms with van der Waals surface area (Å²) in [5.74, 6) is -0.0290. The van der Waals surface area contributed by atoms with Crippen molar-refractivity contribution in [3.8, 4) is 5.75 Å². The number of halogens is 2. The molecule has 0 bridgehead atoms. The maximum Gasteiger partial charge on any atom is 0.387 e. The highest BCUT2D eigenvalue weighted by molar-refractivity contribution is 5.91. The van der Waals surface area contributed by atoms with E-state index in [-0.39, 0.29) is 17.6 Å². The van der Waals surface area contributed by atoms with E-state index in [9.17, 15) is 13.6 Å². The van der Waals surface area contributed by atoms with Crippen molar-refractivity contribution in [2.75, 3.05) is 0 Å². The van der Waals surface area contributed by atoms with Gasteiger partial charge in [0.25, 0.3) is 11.7 Å². The van der Waals surface area contributed by atoms with Gasteiger partial charge in [-0.05, 0) is 44.5 Å². The second kappa shape index (κ2) is 7.03. The highest BCUT2D eigenvalue weighted by Crippen LogP contribution is 2.19. The molecular weight excluding hydrogens is 344 g/mol. The van der Waals surface area contributed by atoms with Gasteiger partial charge in [0.15, 0.2) is 0 Å². The number of alkyl halides is 2. The molecule has 3 aromatic rings. The van der Waals surface area contributed by atoms with Gasteiger partial charge in [0, 0.05) is 11.4 Å². The topological polar surface area (TPSA) is 81.4 Å². The Bertz CT molecular complexity index is 940. The highest BCUT2D eigenvalue weighted by Gasteiger charge is 2.18. The number of nitrogens with zero attached hydrogens (tertiary/aromatic N) is 4. The quantitative estimate of drug-likeness (QED) is 0.756.